The molecule has 0 radical (unpaired) electrons. The molecule has 6 nitrogen and oxygen atoms in total. The fourth-order valence-corrected chi connectivity index (χ4v) is 5.11. The van der Waals surface area contributed by atoms with Crippen molar-refractivity contribution in [2.24, 2.45) is 5.10 Å². The summed E-state index contributed by atoms with van der Waals surface area (Å²) in [6, 6.07) is 30.1. The number of hydrogen-bond donors (Lipinski definition) is 2. The van der Waals surface area contributed by atoms with Crippen molar-refractivity contribution in [1.29, 1.82) is 0 Å². The van der Waals surface area contributed by atoms with E-state index >= 15 is 0 Å². The summed E-state index contributed by atoms with van der Waals surface area (Å²) in [4.78, 5) is 12.7. The molecule has 5 aromatic rings. The quantitative estimate of drug-likeness (QED) is 0.161. The summed E-state index contributed by atoms with van der Waals surface area (Å²) >= 11 is 5.83. The Kier molecular flexibility index (Phi) is 6.41. The van der Waals surface area contributed by atoms with Gasteiger partial charge in [0.05, 0.1) is 11.1 Å². The molecular formula is C28H20ClN3O3S. The highest BCUT2D eigenvalue weighted by atomic mass is 35.5. The number of benzene rings is 5. The Bertz CT molecular complexity index is 1660. The van der Waals surface area contributed by atoms with Gasteiger partial charge in [-0.3, -0.25) is 9.52 Å². The summed E-state index contributed by atoms with van der Waals surface area (Å²) in [5.74, 6) is -0.414. The van der Waals surface area contributed by atoms with Gasteiger partial charge in [0.1, 0.15) is 0 Å². The van der Waals surface area contributed by atoms with Gasteiger partial charge < -0.3 is 0 Å². The number of carbonyl (C=O) groups is 1. The van der Waals surface area contributed by atoms with Crippen LogP contribution in [0.5, 0.6) is 0 Å². The minimum absolute atomic E-state index is 0.0871. The highest BCUT2D eigenvalue weighted by Gasteiger charge is 2.14. The number of anilines is 1. The minimum Gasteiger partial charge on any atom is -0.280 e. The van der Waals surface area contributed by atoms with Crippen molar-refractivity contribution < 1.29 is 13.2 Å². The van der Waals surface area contributed by atoms with Crippen LogP contribution in [0.4, 0.5) is 5.69 Å². The summed E-state index contributed by atoms with van der Waals surface area (Å²) < 4.78 is 27.6. The molecule has 0 spiro atoms. The fraction of sp³-hybridized carbons (Fsp3) is 0. The van der Waals surface area contributed by atoms with Crippen LogP contribution in [0.15, 0.2) is 113 Å². The zero-order valence-electron chi connectivity index (χ0n) is 18.9. The van der Waals surface area contributed by atoms with Crippen molar-refractivity contribution in [3.05, 3.63) is 119 Å². The molecule has 0 aliphatic rings. The average Bonchev–Trinajstić information content (AvgIpc) is 2.88. The van der Waals surface area contributed by atoms with Gasteiger partial charge in [-0.15, -0.1) is 0 Å². The van der Waals surface area contributed by atoms with Gasteiger partial charge in [0.2, 0.25) is 0 Å². The third-order valence-electron chi connectivity index (χ3n) is 5.70. The van der Waals surface area contributed by atoms with E-state index < -0.39 is 15.9 Å². The molecule has 0 saturated carbocycles. The van der Waals surface area contributed by atoms with Crippen LogP contribution in [0.3, 0.4) is 0 Å². The number of hydrazone groups is 1. The largest absolute Gasteiger partial charge is 0.280 e. The van der Waals surface area contributed by atoms with Gasteiger partial charge in [0.25, 0.3) is 15.9 Å². The van der Waals surface area contributed by atoms with Crippen LogP contribution in [0.25, 0.3) is 21.5 Å². The lowest BCUT2D eigenvalue weighted by Gasteiger charge is -2.09. The second-order valence-corrected chi connectivity index (χ2v) is 10.2. The molecule has 5 rings (SSSR count). The van der Waals surface area contributed by atoms with Crippen molar-refractivity contribution in [3.8, 4) is 0 Å². The highest BCUT2D eigenvalue weighted by molar-refractivity contribution is 7.92. The Morgan fingerprint density at radius 1 is 0.778 bits per heavy atom. The first-order valence-electron chi connectivity index (χ1n) is 11.0. The smallest absolute Gasteiger partial charge is 0.271 e. The van der Waals surface area contributed by atoms with Crippen molar-refractivity contribution >= 4 is 61.0 Å². The normalized spacial score (nSPS) is 11.7. The number of nitrogens with one attached hydrogen (secondary N) is 2. The molecule has 36 heavy (non-hydrogen) atoms. The lowest BCUT2D eigenvalue weighted by atomic mass is 9.97. The van der Waals surface area contributed by atoms with Gasteiger partial charge in [0, 0.05) is 21.8 Å². The van der Waals surface area contributed by atoms with E-state index in [1.54, 1.807) is 6.21 Å². The average molecular weight is 514 g/mol. The molecule has 0 atom stereocenters. The second-order valence-electron chi connectivity index (χ2n) is 8.07. The molecule has 0 aliphatic carbocycles. The van der Waals surface area contributed by atoms with Crippen molar-refractivity contribution in [2.45, 2.75) is 4.90 Å². The Morgan fingerprint density at radius 2 is 1.36 bits per heavy atom. The zero-order chi connectivity index (χ0) is 25.1. The first-order valence-corrected chi connectivity index (χ1v) is 12.9. The third kappa shape index (κ3) is 4.93. The number of nitrogens with zero attached hydrogens (tertiary/aromatic N) is 1. The van der Waals surface area contributed by atoms with Crippen LogP contribution in [0.2, 0.25) is 5.02 Å². The molecule has 178 valence electrons. The molecule has 1 amide bonds. The van der Waals surface area contributed by atoms with Gasteiger partial charge in [-0.1, -0.05) is 60.1 Å². The van der Waals surface area contributed by atoms with E-state index in [4.69, 9.17) is 11.6 Å². The molecule has 0 bridgehead atoms. The Hall–Kier alpha value is -4.20. The molecule has 8 heteroatoms. The molecule has 0 unspecified atom stereocenters. The minimum atomic E-state index is -3.78. The number of amides is 1. The summed E-state index contributed by atoms with van der Waals surface area (Å²) in [5, 5.41) is 8.88. The number of rotatable bonds is 6. The van der Waals surface area contributed by atoms with Crippen LogP contribution < -0.4 is 10.1 Å². The number of hydrogen-bond acceptors (Lipinski definition) is 4. The fourth-order valence-electron chi connectivity index (χ4n) is 3.93. The number of halogens is 1. The number of sulfonamides is 1. The highest BCUT2D eigenvalue weighted by Crippen LogP contribution is 2.27. The van der Waals surface area contributed by atoms with E-state index in [0.29, 0.717) is 16.3 Å². The zero-order valence-corrected chi connectivity index (χ0v) is 20.4. The summed E-state index contributed by atoms with van der Waals surface area (Å²) in [6.45, 7) is 0. The van der Waals surface area contributed by atoms with Crippen molar-refractivity contribution in [2.75, 3.05) is 4.72 Å². The molecule has 0 fully saturated rings. The number of fused-ring (bicyclic) bond motifs is 2. The van der Waals surface area contributed by atoms with Gasteiger partial charge in [-0.05, 0) is 76.1 Å². The van der Waals surface area contributed by atoms with E-state index in [0.717, 1.165) is 27.1 Å². The first kappa shape index (κ1) is 23.5. The van der Waals surface area contributed by atoms with Crippen LogP contribution in [-0.2, 0) is 10.0 Å². The van der Waals surface area contributed by atoms with Crippen LogP contribution in [-0.4, -0.2) is 20.5 Å². The van der Waals surface area contributed by atoms with Gasteiger partial charge >= 0.3 is 0 Å². The standard InChI is InChI=1S/C28H20ClN3O3S/c29-22-11-15-24(16-12-22)36(34,35)32-23-13-9-19(10-14-23)28(33)31-30-18-27-25-7-3-1-5-20(25)17-21-6-2-4-8-26(21)27/h1-18,32H,(H,31,33)/b30-18+. The van der Waals surface area contributed by atoms with Gasteiger partial charge in [0.15, 0.2) is 0 Å². The monoisotopic (exact) mass is 513 g/mol. The maximum atomic E-state index is 12.6. The Labute approximate surface area is 213 Å². The van der Waals surface area contributed by atoms with Crippen LogP contribution >= 0.6 is 11.6 Å². The van der Waals surface area contributed by atoms with Crippen LogP contribution in [0.1, 0.15) is 15.9 Å². The molecular weight excluding hydrogens is 494 g/mol. The predicted octanol–water partition coefficient (Wildman–Crippen LogP) is 6.21. The molecule has 0 saturated heterocycles. The first-order chi connectivity index (χ1) is 17.4. The van der Waals surface area contributed by atoms with E-state index in [1.807, 2.05) is 48.5 Å². The molecule has 5 aromatic carbocycles. The Morgan fingerprint density at radius 3 is 1.97 bits per heavy atom. The second kappa shape index (κ2) is 9.81. The van der Waals surface area contributed by atoms with E-state index in [2.05, 4.69) is 21.3 Å². The van der Waals surface area contributed by atoms with Crippen LogP contribution in [0, 0.1) is 0 Å². The van der Waals surface area contributed by atoms with Crippen molar-refractivity contribution in [3.63, 3.8) is 0 Å². The molecule has 0 aliphatic heterocycles. The predicted molar refractivity (Wildman–Crippen MR) is 145 cm³/mol. The van der Waals surface area contributed by atoms with Gasteiger partial charge in [-0.2, -0.15) is 5.10 Å². The molecule has 2 N–H and O–H groups in total. The van der Waals surface area contributed by atoms with E-state index in [9.17, 15) is 13.2 Å². The summed E-state index contributed by atoms with van der Waals surface area (Å²) in [7, 11) is -3.78. The Balaban J connectivity index is 1.32. The lowest BCUT2D eigenvalue weighted by molar-refractivity contribution is 0.0955. The van der Waals surface area contributed by atoms with E-state index in [1.165, 1.54) is 48.5 Å². The lowest BCUT2D eigenvalue weighted by Crippen LogP contribution is -2.18. The topological polar surface area (TPSA) is 87.6 Å². The molecule has 0 aromatic heterocycles. The SMILES string of the molecule is O=C(N/N=C/c1c2ccccc2cc2ccccc12)c1ccc(NS(=O)(=O)c2ccc(Cl)cc2)cc1. The van der Waals surface area contributed by atoms with E-state index in [-0.39, 0.29) is 4.90 Å². The maximum absolute atomic E-state index is 12.6. The maximum Gasteiger partial charge on any atom is 0.271 e. The van der Waals surface area contributed by atoms with Gasteiger partial charge in [-0.25, -0.2) is 13.8 Å². The third-order valence-corrected chi connectivity index (χ3v) is 7.35. The summed E-state index contributed by atoms with van der Waals surface area (Å²) in [5.41, 5.74) is 4.13. The molecule has 0 heterocycles. The van der Waals surface area contributed by atoms with Crippen molar-refractivity contribution in [1.82, 2.24) is 5.43 Å². The number of carbonyl (C=O) groups excluding carboxylic acids is 1. The summed E-state index contributed by atoms with van der Waals surface area (Å²) in [6.07, 6.45) is 1.65.